The molecule has 0 radical (unpaired) electrons. The first-order chi connectivity index (χ1) is 10.8. The number of para-hydroxylation sites is 1. The summed E-state index contributed by atoms with van der Waals surface area (Å²) in [6.45, 7) is 0. The highest BCUT2D eigenvalue weighted by Crippen LogP contribution is 2.45. The number of hydrogen-bond acceptors (Lipinski definition) is 5. The zero-order valence-electron chi connectivity index (χ0n) is 11.4. The number of aromatic hydroxyl groups is 1. The number of rotatable bonds is 2. The average molecular weight is 309 g/mol. The van der Waals surface area contributed by atoms with Crippen molar-refractivity contribution in [3.05, 3.63) is 48.0 Å². The van der Waals surface area contributed by atoms with Gasteiger partial charge in [0, 0.05) is 5.56 Å². The van der Waals surface area contributed by atoms with Gasteiger partial charge in [-0.25, -0.2) is 4.98 Å². The van der Waals surface area contributed by atoms with Crippen LogP contribution in [0.3, 0.4) is 0 Å². The molecule has 1 atom stereocenters. The van der Waals surface area contributed by atoms with Crippen molar-refractivity contribution in [2.24, 2.45) is 0 Å². The molecule has 0 aliphatic carbocycles. The van der Waals surface area contributed by atoms with Crippen molar-refractivity contribution in [3.8, 4) is 22.1 Å². The van der Waals surface area contributed by atoms with Gasteiger partial charge in [0.1, 0.15) is 16.5 Å². The predicted octanol–water partition coefficient (Wildman–Crippen LogP) is 3.64. The Balaban J connectivity index is 1.95. The topological polar surface area (TPSA) is 59.4 Å². The summed E-state index contributed by atoms with van der Waals surface area (Å²) in [5, 5.41) is 11.0. The summed E-state index contributed by atoms with van der Waals surface area (Å²) >= 11 is 1.48. The first kappa shape index (κ1) is 13.0. The number of aromatic nitrogens is 1. The molecule has 1 N–H and O–H groups in total. The molecular formula is C17H11NO3S. The number of carbonyl (C=O) groups excluding carboxylic acids is 1. The van der Waals surface area contributed by atoms with Crippen LogP contribution in [0.4, 0.5) is 0 Å². The number of aldehydes is 1. The predicted molar refractivity (Wildman–Crippen MR) is 86.2 cm³/mol. The SMILES string of the molecule is O=CC1C=Cc2ccc(O)c(-c3nc4ccccc4s3)c2O1. The molecule has 108 valence electrons. The summed E-state index contributed by atoms with van der Waals surface area (Å²) < 4.78 is 6.73. The third-order valence-corrected chi connectivity index (χ3v) is 4.58. The minimum Gasteiger partial charge on any atom is -0.507 e. The molecule has 0 saturated heterocycles. The van der Waals surface area contributed by atoms with Crippen molar-refractivity contribution in [2.75, 3.05) is 0 Å². The van der Waals surface area contributed by atoms with E-state index in [0.29, 0.717) is 16.3 Å². The maximum absolute atomic E-state index is 11.0. The molecule has 0 bridgehead atoms. The quantitative estimate of drug-likeness (QED) is 0.734. The van der Waals surface area contributed by atoms with E-state index in [-0.39, 0.29) is 5.75 Å². The smallest absolute Gasteiger partial charge is 0.172 e. The fourth-order valence-electron chi connectivity index (χ4n) is 2.48. The molecule has 2 heterocycles. The van der Waals surface area contributed by atoms with Gasteiger partial charge < -0.3 is 9.84 Å². The van der Waals surface area contributed by atoms with Crippen LogP contribution in [0.25, 0.3) is 26.9 Å². The molecule has 1 aliphatic rings. The largest absolute Gasteiger partial charge is 0.507 e. The molecule has 5 heteroatoms. The van der Waals surface area contributed by atoms with Crippen molar-refractivity contribution >= 4 is 33.9 Å². The first-order valence-electron chi connectivity index (χ1n) is 6.78. The fourth-order valence-corrected chi connectivity index (χ4v) is 3.50. The zero-order valence-corrected chi connectivity index (χ0v) is 12.2. The standard InChI is InChI=1S/C17H11NO3S/c19-9-11-7-5-10-6-8-13(20)15(16(10)21-11)17-18-12-3-1-2-4-14(12)22-17/h1-9,11,20H. The van der Waals surface area contributed by atoms with E-state index < -0.39 is 6.10 Å². The molecule has 0 saturated carbocycles. The van der Waals surface area contributed by atoms with Crippen molar-refractivity contribution in [2.45, 2.75) is 6.10 Å². The van der Waals surface area contributed by atoms with Gasteiger partial charge in [0.15, 0.2) is 12.4 Å². The average Bonchev–Trinajstić information content (AvgIpc) is 2.97. The molecule has 22 heavy (non-hydrogen) atoms. The van der Waals surface area contributed by atoms with Gasteiger partial charge in [-0.3, -0.25) is 4.79 Å². The van der Waals surface area contributed by atoms with Crippen LogP contribution in [-0.2, 0) is 4.79 Å². The summed E-state index contributed by atoms with van der Waals surface area (Å²) in [7, 11) is 0. The van der Waals surface area contributed by atoms with Crippen LogP contribution in [-0.4, -0.2) is 22.5 Å². The number of thiazole rings is 1. The second-order valence-electron chi connectivity index (χ2n) is 4.94. The number of phenolic OH excluding ortho intramolecular Hbond substituents is 1. The summed E-state index contributed by atoms with van der Waals surface area (Å²) in [4.78, 5) is 15.6. The molecule has 2 aromatic carbocycles. The highest BCUT2D eigenvalue weighted by molar-refractivity contribution is 7.21. The van der Waals surface area contributed by atoms with Crippen molar-refractivity contribution in [3.63, 3.8) is 0 Å². The second-order valence-corrected chi connectivity index (χ2v) is 5.97. The molecule has 3 aromatic rings. The molecule has 0 fully saturated rings. The van der Waals surface area contributed by atoms with Crippen LogP contribution in [0, 0.1) is 0 Å². The second kappa shape index (κ2) is 4.96. The van der Waals surface area contributed by atoms with Crippen LogP contribution in [0.1, 0.15) is 5.56 Å². The van der Waals surface area contributed by atoms with E-state index in [0.717, 1.165) is 22.1 Å². The minimum atomic E-state index is -0.637. The normalized spacial score (nSPS) is 16.3. The number of nitrogens with zero attached hydrogens (tertiary/aromatic N) is 1. The maximum atomic E-state index is 11.0. The zero-order chi connectivity index (χ0) is 15.1. The number of hydrogen-bond donors (Lipinski definition) is 1. The highest BCUT2D eigenvalue weighted by Gasteiger charge is 2.23. The van der Waals surface area contributed by atoms with E-state index >= 15 is 0 Å². The third kappa shape index (κ3) is 1.98. The molecule has 4 nitrogen and oxygen atoms in total. The van der Waals surface area contributed by atoms with E-state index in [1.54, 1.807) is 18.2 Å². The lowest BCUT2D eigenvalue weighted by atomic mass is 10.0. The first-order valence-corrected chi connectivity index (χ1v) is 7.60. The van der Waals surface area contributed by atoms with Crippen LogP contribution < -0.4 is 4.74 Å². The summed E-state index contributed by atoms with van der Waals surface area (Å²) in [6.07, 6.45) is 3.61. The molecule has 0 amide bonds. The van der Waals surface area contributed by atoms with Crippen LogP contribution in [0.15, 0.2) is 42.5 Å². The lowest BCUT2D eigenvalue weighted by molar-refractivity contribution is -0.112. The monoisotopic (exact) mass is 309 g/mol. The van der Waals surface area contributed by atoms with Gasteiger partial charge in [-0.05, 0) is 30.3 Å². The lowest BCUT2D eigenvalue weighted by Crippen LogP contribution is -2.18. The van der Waals surface area contributed by atoms with Crippen molar-refractivity contribution in [1.29, 1.82) is 0 Å². The Morgan fingerprint density at radius 1 is 1.23 bits per heavy atom. The van der Waals surface area contributed by atoms with E-state index in [1.165, 1.54) is 11.3 Å². The number of phenols is 1. The van der Waals surface area contributed by atoms with E-state index in [4.69, 9.17) is 4.74 Å². The van der Waals surface area contributed by atoms with Crippen molar-refractivity contribution in [1.82, 2.24) is 4.98 Å². The van der Waals surface area contributed by atoms with Gasteiger partial charge in [0.2, 0.25) is 0 Å². The number of carbonyl (C=O) groups is 1. The highest BCUT2D eigenvalue weighted by atomic mass is 32.1. The summed E-state index contributed by atoms with van der Waals surface area (Å²) in [6, 6.07) is 11.2. The molecular weight excluding hydrogens is 298 g/mol. The molecule has 4 rings (SSSR count). The molecule has 1 aliphatic heterocycles. The summed E-state index contributed by atoms with van der Waals surface area (Å²) in [5.41, 5.74) is 2.23. The van der Waals surface area contributed by atoms with Gasteiger partial charge >= 0.3 is 0 Å². The van der Waals surface area contributed by atoms with Crippen molar-refractivity contribution < 1.29 is 14.6 Å². The van der Waals surface area contributed by atoms with Gasteiger partial charge in [0.05, 0.1) is 15.8 Å². The number of benzene rings is 2. The van der Waals surface area contributed by atoms with Gasteiger partial charge in [0.25, 0.3) is 0 Å². The Morgan fingerprint density at radius 2 is 2.09 bits per heavy atom. The molecule has 1 aromatic heterocycles. The number of fused-ring (bicyclic) bond motifs is 2. The van der Waals surface area contributed by atoms with Crippen LogP contribution >= 0.6 is 11.3 Å². The van der Waals surface area contributed by atoms with E-state index in [2.05, 4.69) is 4.98 Å². The Morgan fingerprint density at radius 3 is 2.91 bits per heavy atom. The molecule has 0 spiro atoms. The van der Waals surface area contributed by atoms with Gasteiger partial charge in [-0.1, -0.05) is 18.2 Å². The van der Waals surface area contributed by atoms with Crippen LogP contribution in [0.5, 0.6) is 11.5 Å². The Hall–Kier alpha value is -2.66. The molecule has 1 unspecified atom stereocenters. The minimum absolute atomic E-state index is 0.0951. The Bertz CT molecular complexity index is 880. The number of ether oxygens (including phenoxy) is 1. The third-order valence-electron chi connectivity index (χ3n) is 3.53. The fraction of sp³-hybridized carbons (Fsp3) is 0.0588. The van der Waals surface area contributed by atoms with Gasteiger partial charge in [-0.2, -0.15) is 0 Å². The van der Waals surface area contributed by atoms with Gasteiger partial charge in [-0.15, -0.1) is 11.3 Å². The van der Waals surface area contributed by atoms with Crippen LogP contribution in [0.2, 0.25) is 0 Å². The maximum Gasteiger partial charge on any atom is 0.172 e. The lowest BCUT2D eigenvalue weighted by Gasteiger charge is -2.20. The van der Waals surface area contributed by atoms with E-state index in [1.807, 2.05) is 30.3 Å². The van der Waals surface area contributed by atoms with E-state index in [9.17, 15) is 9.90 Å². The Labute approximate surface area is 130 Å². The Kier molecular flexibility index (Phi) is 2.94. The summed E-state index contributed by atoms with van der Waals surface area (Å²) in [5.74, 6) is 0.594.